The molecule has 1 unspecified atom stereocenters. The number of piperidine rings is 1. The van der Waals surface area contributed by atoms with E-state index < -0.39 is 6.04 Å². The van der Waals surface area contributed by atoms with Crippen molar-refractivity contribution in [2.75, 3.05) is 18.4 Å². The Labute approximate surface area is 155 Å². The van der Waals surface area contributed by atoms with E-state index in [-0.39, 0.29) is 17.5 Å². The predicted octanol–water partition coefficient (Wildman–Crippen LogP) is 1.15. The predicted molar refractivity (Wildman–Crippen MR) is 99.6 cm³/mol. The van der Waals surface area contributed by atoms with E-state index in [0.29, 0.717) is 11.7 Å². The molecule has 3 heterocycles. The van der Waals surface area contributed by atoms with Crippen molar-refractivity contribution in [1.29, 1.82) is 0 Å². The van der Waals surface area contributed by atoms with Crippen LogP contribution in [0.15, 0.2) is 4.79 Å². The van der Waals surface area contributed by atoms with Gasteiger partial charge in [-0.25, -0.2) is 9.48 Å². The number of hydrogen-bond donors (Lipinski definition) is 2. The molecule has 2 aromatic heterocycles. The Morgan fingerprint density at radius 2 is 2.08 bits per heavy atom. The standard InChI is InChI=1S/C16H25N7O2S/c1-4-12-19-20-15(26-12)18-14(24)10(3)23-16(25)22(5-2)13(21-23)11-6-8-17-9-7-11/h10-11,17H,4-9H2,1-3H3,(H,18,20,24). The molecule has 0 spiro atoms. The van der Waals surface area contributed by atoms with Gasteiger partial charge >= 0.3 is 5.69 Å². The maximum atomic E-state index is 12.8. The van der Waals surface area contributed by atoms with Crippen LogP contribution >= 0.6 is 11.3 Å². The molecule has 142 valence electrons. The Kier molecular flexibility index (Phi) is 5.82. The van der Waals surface area contributed by atoms with E-state index in [1.807, 2.05) is 13.8 Å². The van der Waals surface area contributed by atoms with Gasteiger partial charge in [0.25, 0.3) is 5.91 Å². The smallest absolute Gasteiger partial charge is 0.317 e. The molecule has 26 heavy (non-hydrogen) atoms. The zero-order valence-corrected chi connectivity index (χ0v) is 16.2. The van der Waals surface area contributed by atoms with Gasteiger partial charge in [-0.05, 0) is 46.2 Å². The van der Waals surface area contributed by atoms with Crippen molar-refractivity contribution in [3.63, 3.8) is 0 Å². The number of aromatic nitrogens is 5. The van der Waals surface area contributed by atoms with Gasteiger partial charge in [-0.1, -0.05) is 18.3 Å². The van der Waals surface area contributed by atoms with E-state index in [1.54, 1.807) is 11.5 Å². The molecule has 0 aliphatic carbocycles. The van der Waals surface area contributed by atoms with Crippen molar-refractivity contribution in [2.45, 2.75) is 58.5 Å². The van der Waals surface area contributed by atoms with Crippen molar-refractivity contribution in [3.05, 3.63) is 21.3 Å². The molecular formula is C16H25N7O2S. The first-order chi connectivity index (χ1) is 12.5. The van der Waals surface area contributed by atoms with E-state index in [9.17, 15) is 9.59 Å². The van der Waals surface area contributed by atoms with E-state index >= 15 is 0 Å². The number of carbonyl (C=O) groups is 1. The first-order valence-corrected chi connectivity index (χ1v) is 9.90. The van der Waals surface area contributed by atoms with E-state index in [1.165, 1.54) is 16.0 Å². The third kappa shape index (κ3) is 3.70. The summed E-state index contributed by atoms with van der Waals surface area (Å²) in [6.45, 7) is 7.97. The van der Waals surface area contributed by atoms with Crippen LogP contribution in [0.5, 0.6) is 0 Å². The van der Waals surface area contributed by atoms with Crippen molar-refractivity contribution in [3.8, 4) is 0 Å². The molecule has 1 amide bonds. The molecule has 0 saturated carbocycles. The first kappa shape index (κ1) is 18.7. The number of nitrogens with one attached hydrogen (secondary N) is 2. The molecule has 0 bridgehead atoms. The number of rotatable bonds is 6. The Hall–Kier alpha value is -2.07. The number of amides is 1. The van der Waals surface area contributed by atoms with Gasteiger partial charge < -0.3 is 5.32 Å². The molecular weight excluding hydrogens is 354 g/mol. The van der Waals surface area contributed by atoms with Gasteiger partial charge in [-0.3, -0.25) is 14.7 Å². The lowest BCUT2D eigenvalue weighted by atomic mass is 9.97. The summed E-state index contributed by atoms with van der Waals surface area (Å²) in [5.41, 5.74) is -0.241. The second-order valence-electron chi connectivity index (χ2n) is 6.37. The maximum Gasteiger partial charge on any atom is 0.346 e. The summed E-state index contributed by atoms with van der Waals surface area (Å²) in [7, 11) is 0. The lowest BCUT2D eigenvalue weighted by Crippen LogP contribution is -2.33. The molecule has 1 saturated heterocycles. The van der Waals surface area contributed by atoms with E-state index in [0.717, 1.165) is 43.2 Å². The van der Waals surface area contributed by atoms with Gasteiger partial charge in [0.15, 0.2) is 0 Å². The molecule has 1 atom stereocenters. The maximum absolute atomic E-state index is 12.8. The number of nitrogens with zero attached hydrogens (tertiary/aromatic N) is 5. The second kappa shape index (κ2) is 8.09. The van der Waals surface area contributed by atoms with Crippen LogP contribution in [0.1, 0.15) is 56.4 Å². The first-order valence-electron chi connectivity index (χ1n) is 9.08. The van der Waals surface area contributed by atoms with Gasteiger partial charge in [0, 0.05) is 12.5 Å². The minimum absolute atomic E-state index is 0.241. The average molecular weight is 379 g/mol. The Balaban J connectivity index is 1.81. The summed E-state index contributed by atoms with van der Waals surface area (Å²) in [5, 5.41) is 19.8. The fourth-order valence-corrected chi connectivity index (χ4v) is 3.81. The molecule has 1 aliphatic rings. The highest BCUT2D eigenvalue weighted by molar-refractivity contribution is 7.15. The molecule has 0 aromatic carbocycles. The fraction of sp³-hybridized carbons (Fsp3) is 0.688. The monoisotopic (exact) mass is 379 g/mol. The molecule has 2 aromatic rings. The molecule has 0 radical (unpaired) electrons. The third-order valence-corrected chi connectivity index (χ3v) is 5.66. The van der Waals surface area contributed by atoms with Gasteiger partial charge in [-0.15, -0.1) is 10.2 Å². The fourth-order valence-electron chi connectivity index (χ4n) is 3.13. The number of anilines is 1. The summed E-state index contributed by atoms with van der Waals surface area (Å²) < 4.78 is 2.97. The Morgan fingerprint density at radius 3 is 2.69 bits per heavy atom. The van der Waals surface area contributed by atoms with Crippen LogP contribution in [-0.2, 0) is 17.8 Å². The minimum atomic E-state index is -0.718. The molecule has 1 aliphatic heterocycles. The number of carbonyl (C=O) groups excluding carboxylic acids is 1. The van der Waals surface area contributed by atoms with Gasteiger partial charge in [0.2, 0.25) is 5.13 Å². The van der Waals surface area contributed by atoms with Gasteiger partial charge in [-0.2, -0.15) is 5.10 Å². The molecule has 1 fully saturated rings. The lowest BCUT2D eigenvalue weighted by Gasteiger charge is -2.21. The Morgan fingerprint density at radius 1 is 1.35 bits per heavy atom. The highest BCUT2D eigenvalue weighted by Gasteiger charge is 2.27. The van der Waals surface area contributed by atoms with Crippen molar-refractivity contribution < 1.29 is 4.79 Å². The van der Waals surface area contributed by atoms with E-state index in [2.05, 4.69) is 25.9 Å². The lowest BCUT2D eigenvalue weighted by molar-refractivity contribution is -0.119. The highest BCUT2D eigenvalue weighted by Crippen LogP contribution is 2.23. The third-order valence-electron chi connectivity index (χ3n) is 4.68. The second-order valence-corrected chi connectivity index (χ2v) is 7.44. The molecule has 3 rings (SSSR count). The number of aryl methyl sites for hydroxylation is 1. The van der Waals surface area contributed by atoms with Crippen LogP contribution in [0.25, 0.3) is 0 Å². The minimum Gasteiger partial charge on any atom is -0.317 e. The van der Waals surface area contributed by atoms with Gasteiger partial charge in [0.1, 0.15) is 16.9 Å². The number of hydrogen-bond acceptors (Lipinski definition) is 7. The summed E-state index contributed by atoms with van der Waals surface area (Å²) in [6.07, 6.45) is 2.66. The van der Waals surface area contributed by atoms with Crippen LogP contribution in [0, 0.1) is 0 Å². The largest absolute Gasteiger partial charge is 0.346 e. The van der Waals surface area contributed by atoms with Crippen LogP contribution in [0.2, 0.25) is 0 Å². The molecule has 9 nitrogen and oxygen atoms in total. The van der Waals surface area contributed by atoms with Crippen LogP contribution in [0.4, 0.5) is 5.13 Å². The van der Waals surface area contributed by atoms with Crippen LogP contribution in [-0.4, -0.2) is 43.5 Å². The molecule has 10 heteroatoms. The van der Waals surface area contributed by atoms with E-state index in [4.69, 9.17) is 0 Å². The SMILES string of the molecule is CCc1nnc(NC(=O)C(C)n2nc(C3CCNCC3)n(CC)c2=O)s1. The zero-order valence-electron chi connectivity index (χ0n) is 15.4. The quantitative estimate of drug-likeness (QED) is 0.780. The summed E-state index contributed by atoms with van der Waals surface area (Å²) in [4.78, 5) is 25.3. The van der Waals surface area contributed by atoms with Crippen molar-refractivity contribution in [1.82, 2.24) is 29.9 Å². The summed E-state index contributed by atoms with van der Waals surface area (Å²) in [6, 6.07) is -0.718. The van der Waals surface area contributed by atoms with Crippen LogP contribution < -0.4 is 16.3 Å². The summed E-state index contributed by atoms with van der Waals surface area (Å²) in [5.74, 6) is 0.710. The van der Waals surface area contributed by atoms with Crippen LogP contribution in [0.3, 0.4) is 0 Å². The van der Waals surface area contributed by atoms with Crippen molar-refractivity contribution in [2.24, 2.45) is 0 Å². The summed E-state index contributed by atoms with van der Waals surface area (Å²) >= 11 is 1.34. The van der Waals surface area contributed by atoms with Gasteiger partial charge in [0.05, 0.1) is 0 Å². The Bertz CT molecular complexity index is 819. The average Bonchev–Trinajstić information content (AvgIpc) is 3.25. The normalized spacial score (nSPS) is 16.6. The highest BCUT2D eigenvalue weighted by atomic mass is 32.1. The topological polar surface area (TPSA) is 107 Å². The van der Waals surface area contributed by atoms with Crippen molar-refractivity contribution >= 4 is 22.4 Å². The zero-order chi connectivity index (χ0) is 18.7. The molecule has 2 N–H and O–H groups in total.